The highest BCUT2D eigenvalue weighted by Crippen LogP contribution is 2.30. The SMILES string of the molecule is CCN(CCOC)c1c(Cl)cccc1CCN. The number of hydrogen-bond acceptors (Lipinski definition) is 3. The molecule has 0 heterocycles. The molecule has 2 N–H and O–H groups in total. The number of para-hydroxylation sites is 1. The van der Waals surface area contributed by atoms with Crippen LogP contribution in [0.4, 0.5) is 5.69 Å². The summed E-state index contributed by atoms with van der Waals surface area (Å²) in [6.45, 7) is 5.19. The maximum Gasteiger partial charge on any atom is 0.0642 e. The summed E-state index contributed by atoms with van der Waals surface area (Å²) in [4.78, 5) is 2.23. The van der Waals surface area contributed by atoms with E-state index in [-0.39, 0.29) is 0 Å². The van der Waals surface area contributed by atoms with Gasteiger partial charge in [-0.3, -0.25) is 0 Å². The molecule has 0 amide bonds. The lowest BCUT2D eigenvalue weighted by molar-refractivity contribution is 0.205. The molecule has 0 atom stereocenters. The van der Waals surface area contributed by atoms with Crippen molar-refractivity contribution in [3.05, 3.63) is 28.8 Å². The number of nitrogens with zero attached hydrogens (tertiary/aromatic N) is 1. The fourth-order valence-corrected chi connectivity index (χ4v) is 2.21. The highest BCUT2D eigenvalue weighted by Gasteiger charge is 2.12. The Balaban J connectivity index is 2.98. The zero-order chi connectivity index (χ0) is 12.7. The summed E-state index contributed by atoms with van der Waals surface area (Å²) in [5.74, 6) is 0. The third kappa shape index (κ3) is 3.87. The van der Waals surface area contributed by atoms with Gasteiger partial charge in [0.25, 0.3) is 0 Å². The third-order valence-electron chi connectivity index (χ3n) is 2.75. The second kappa shape index (κ2) is 7.54. The van der Waals surface area contributed by atoms with E-state index in [1.807, 2.05) is 12.1 Å². The molecule has 0 bridgehead atoms. The Labute approximate surface area is 109 Å². The second-order valence-electron chi connectivity index (χ2n) is 3.86. The van der Waals surface area contributed by atoms with E-state index in [9.17, 15) is 0 Å². The van der Waals surface area contributed by atoms with Gasteiger partial charge in [0.15, 0.2) is 0 Å². The topological polar surface area (TPSA) is 38.5 Å². The first-order chi connectivity index (χ1) is 8.24. The summed E-state index contributed by atoms with van der Waals surface area (Å²) in [6.07, 6.45) is 0.847. The molecule has 96 valence electrons. The van der Waals surface area contributed by atoms with Gasteiger partial charge in [-0.25, -0.2) is 0 Å². The van der Waals surface area contributed by atoms with E-state index >= 15 is 0 Å². The average molecular weight is 257 g/mol. The first-order valence-electron chi connectivity index (χ1n) is 5.95. The van der Waals surface area contributed by atoms with Gasteiger partial charge in [0.05, 0.1) is 17.3 Å². The molecule has 0 radical (unpaired) electrons. The summed E-state index contributed by atoms with van der Waals surface area (Å²) >= 11 is 6.29. The highest BCUT2D eigenvalue weighted by atomic mass is 35.5. The van der Waals surface area contributed by atoms with Crippen LogP contribution in [-0.4, -0.2) is 33.4 Å². The smallest absolute Gasteiger partial charge is 0.0642 e. The Kier molecular flexibility index (Phi) is 6.34. The standard InChI is InChI=1S/C13H21ClN2O/c1-3-16(9-10-17-2)13-11(7-8-15)5-4-6-12(13)14/h4-6H,3,7-10,15H2,1-2H3. The van der Waals surface area contributed by atoms with E-state index in [1.54, 1.807) is 7.11 Å². The van der Waals surface area contributed by atoms with Gasteiger partial charge in [-0.15, -0.1) is 0 Å². The number of rotatable bonds is 7. The molecule has 0 aliphatic carbocycles. The van der Waals surface area contributed by atoms with Crippen LogP contribution in [0.3, 0.4) is 0 Å². The summed E-state index contributed by atoms with van der Waals surface area (Å²) in [5, 5.41) is 0.786. The van der Waals surface area contributed by atoms with Crippen LogP contribution >= 0.6 is 11.6 Å². The van der Waals surface area contributed by atoms with E-state index in [0.717, 1.165) is 30.2 Å². The molecule has 0 saturated carbocycles. The fourth-order valence-electron chi connectivity index (χ4n) is 1.90. The molecular formula is C13H21ClN2O. The van der Waals surface area contributed by atoms with Crippen molar-refractivity contribution < 1.29 is 4.74 Å². The van der Waals surface area contributed by atoms with E-state index < -0.39 is 0 Å². The molecule has 1 aromatic carbocycles. The molecule has 17 heavy (non-hydrogen) atoms. The second-order valence-corrected chi connectivity index (χ2v) is 4.27. The van der Waals surface area contributed by atoms with Crippen LogP contribution in [0.15, 0.2) is 18.2 Å². The van der Waals surface area contributed by atoms with Gasteiger partial charge in [-0.1, -0.05) is 23.7 Å². The maximum atomic E-state index is 6.29. The summed E-state index contributed by atoms with van der Waals surface area (Å²) in [6, 6.07) is 5.98. The number of nitrogens with two attached hydrogens (primary N) is 1. The first kappa shape index (κ1) is 14.3. The molecular weight excluding hydrogens is 236 g/mol. The van der Waals surface area contributed by atoms with Crippen molar-refractivity contribution in [2.75, 3.05) is 38.3 Å². The monoisotopic (exact) mass is 256 g/mol. The number of benzene rings is 1. The van der Waals surface area contributed by atoms with Crippen molar-refractivity contribution in [2.24, 2.45) is 5.73 Å². The minimum Gasteiger partial charge on any atom is -0.383 e. The van der Waals surface area contributed by atoms with Crippen LogP contribution in [0.25, 0.3) is 0 Å². The zero-order valence-electron chi connectivity index (χ0n) is 10.6. The van der Waals surface area contributed by atoms with Gasteiger partial charge < -0.3 is 15.4 Å². The van der Waals surface area contributed by atoms with Gasteiger partial charge in [0.2, 0.25) is 0 Å². The molecule has 4 heteroatoms. The van der Waals surface area contributed by atoms with Gasteiger partial charge >= 0.3 is 0 Å². The molecule has 1 rings (SSSR count). The molecule has 0 spiro atoms. The van der Waals surface area contributed by atoms with Crippen molar-refractivity contribution in [1.29, 1.82) is 0 Å². The highest BCUT2D eigenvalue weighted by molar-refractivity contribution is 6.33. The lowest BCUT2D eigenvalue weighted by Gasteiger charge is -2.26. The van der Waals surface area contributed by atoms with Crippen molar-refractivity contribution in [3.8, 4) is 0 Å². The molecule has 3 nitrogen and oxygen atoms in total. The molecule has 1 aromatic rings. The van der Waals surface area contributed by atoms with Crippen molar-refractivity contribution in [2.45, 2.75) is 13.3 Å². The summed E-state index contributed by atoms with van der Waals surface area (Å²) in [5.41, 5.74) is 7.94. The zero-order valence-corrected chi connectivity index (χ0v) is 11.3. The summed E-state index contributed by atoms with van der Waals surface area (Å²) < 4.78 is 5.13. The minimum absolute atomic E-state index is 0.634. The number of halogens is 1. The Morgan fingerprint density at radius 2 is 2.18 bits per heavy atom. The summed E-state index contributed by atoms with van der Waals surface area (Å²) in [7, 11) is 1.71. The Hall–Kier alpha value is -0.770. The van der Waals surface area contributed by atoms with Gasteiger partial charge in [0, 0.05) is 20.2 Å². The van der Waals surface area contributed by atoms with Crippen molar-refractivity contribution in [3.63, 3.8) is 0 Å². The van der Waals surface area contributed by atoms with Crippen LogP contribution in [0.2, 0.25) is 5.02 Å². The van der Waals surface area contributed by atoms with Crippen molar-refractivity contribution in [1.82, 2.24) is 0 Å². The number of methoxy groups -OCH3 is 1. The Bertz CT molecular complexity index is 344. The molecule has 0 fully saturated rings. The van der Waals surface area contributed by atoms with Crippen LogP contribution in [0.1, 0.15) is 12.5 Å². The maximum absolute atomic E-state index is 6.29. The largest absolute Gasteiger partial charge is 0.383 e. The van der Waals surface area contributed by atoms with Crippen LogP contribution in [0.5, 0.6) is 0 Å². The fraction of sp³-hybridized carbons (Fsp3) is 0.538. The van der Waals surface area contributed by atoms with Gasteiger partial charge in [-0.05, 0) is 31.5 Å². The first-order valence-corrected chi connectivity index (χ1v) is 6.33. The lowest BCUT2D eigenvalue weighted by Crippen LogP contribution is -2.28. The van der Waals surface area contributed by atoms with Gasteiger partial charge in [0.1, 0.15) is 0 Å². The minimum atomic E-state index is 0.634. The quantitative estimate of drug-likeness (QED) is 0.814. The van der Waals surface area contributed by atoms with Crippen LogP contribution < -0.4 is 10.6 Å². The number of likely N-dealkylation sites (N-methyl/N-ethyl adjacent to an activating group) is 1. The Morgan fingerprint density at radius 3 is 2.76 bits per heavy atom. The van der Waals surface area contributed by atoms with Crippen LogP contribution in [-0.2, 0) is 11.2 Å². The molecule has 0 aromatic heterocycles. The lowest BCUT2D eigenvalue weighted by atomic mass is 10.1. The molecule has 0 aliphatic rings. The van der Waals surface area contributed by atoms with Crippen LogP contribution in [0, 0.1) is 0 Å². The Morgan fingerprint density at radius 1 is 1.41 bits per heavy atom. The molecule has 0 saturated heterocycles. The van der Waals surface area contributed by atoms with E-state index in [1.165, 1.54) is 5.56 Å². The van der Waals surface area contributed by atoms with E-state index in [0.29, 0.717) is 13.2 Å². The molecule has 0 unspecified atom stereocenters. The number of anilines is 1. The normalized spacial score (nSPS) is 10.6. The predicted octanol–water partition coefficient (Wildman–Crippen LogP) is 2.31. The average Bonchev–Trinajstić information content (AvgIpc) is 2.33. The van der Waals surface area contributed by atoms with E-state index in [4.69, 9.17) is 22.1 Å². The van der Waals surface area contributed by atoms with Gasteiger partial charge in [-0.2, -0.15) is 0 Å². The predicted molar refractivity (Wildman–Crippen MR) is 74.0 cm³/mol. The molecule has 0 aliphatic heterocycles. The van der Waals surface area contributed by atoms with E-state index in [2.05, 4.69) is 17.9 Å². The van der Waals surface area contributed by atoms with Crippen molar-refractivity contribution >= 4 is 17.3 Å². The number of ether oxygens (including phenoxy) is 1. The number of hydrogen-bond donors (Lipinski definition) is 1. The third-order valence-corrected chi connectivity index (χ3v) is 3.05.